The average Bonchev–Trinajstić information content (AvgIpc) is 2.71. The summed E-state index contributed by atoms with van der Waals surface area (Å²) in [5.74, 6) is 3.00. The summed E-state index contributed by atoms with van der Waals surface area (Å²) in [4.78, 5) is 5.78. The van der Waals surface area contributed by atoms with Gasteiger partial charge >= 0.3 is 0 Å². The Balaban J connectivity index is 1.82. The number of thioether (sulfide) groups is 1. The molecule has 0 aliphatic carbocycles. The van der Waals surface area contributed by atoms with Crippen molar-refractivity contribution in [1.29, 1.82) is 0 Å². The molecule has 164 valence electrons. The van der Waals surface area contributed by atoms with Crippen molar-refractivity contribution < 1.29 is 13.2 Å². The van der Waals surface area contributed by atoms with Crippen LogP contribution in [0.3, 0.4) is 0 Å². The molecule has 2 aromatic carbocycles. The summed E-state index contributed by atoms with van der Waals surface area (Å²) in [6, 6.07) is 13.4. The predicted octanol–water partition coefficient (Wildman–Crippen LogP) is 3.50. The van der Waals surface area contributed by atoms with Crippen LogP contribution in [0.1, 0.15) is 18.1 Å². The summed E-state index contributed by atoms with van der Waals surface area (Å²) >= 11 is 1.78. The van der Waals surface area contributed by atoms with Gasteiger partial charge in [-0.25, -0.2) is 8.42 Å². The van der Waals surface area contributed by atoms with E-state index in [1.54, 1.807) is 32.0 Å². The molecule has 0 saturated carbocycles. The Morgan fingerprint density at radius 2 is 1.93 bits per heavy atom. The van der Waals surface area contributed by atoms with E-state index in [2.05, 4.69) is 28.6 Å². The Hall–Kier alpha value is -2.19. The molecule has 0 bridgehead atoms. The number of nitrogens with one attached hydrogen (secondary N) is 2. The van der Waals surface area contributed by atoms with E-state index in [4.69, 9.17) is 4.74 Å². The number of methoxy groups -OCH3 is 1. The van der Waals surface area contributed by atoms with Crippen LogP contribution in [0, 0.1) is 12.8 Å². The number of aryl methyl sites for hydroxylation is 1. The van der Waals surface area contributed by atoms with Crippen molar-refractivity contribution in [2.45, 2.75) is 30.2 Å². The summed E-state index contributed by atoms with van der Waals surface area (Å²) < 4.78 is 28.9. The van der Waals surface area contributed by atoms with Gasteiger partial charge < -0.3 is 15.4 Å². The number of rotatable bonds is 9. The van der Waals surface area contributed by atoms with Gasteiger partial charge in [-0.05, 0) is 42.2 Å². The number of hydrogen-bond donors (Lipinski definition) is 2. The van der Waals surface area contributed by atoms with Gasteiger partial charge in [-0.1, -0.05) is 31.2 Å². The minimum atomic E-state index is -3.20. The monoisotopic (exact) mass is 449 g/mol. The SMILES string of the molecule is CN=C(NCc1ccc(S(C)(=O)=O)c(C)c1)NCC(C)CSc1ccccc1OC. The van der Waals surface area contributed by atoms with Crippen LogP contribution in [0.15, 0.2) is 57.2 Å². The maximum atomic E-state index is 11.8. The molecule has 0 saturated heterocycles. The molecule has 0 spiro atoms. The third-order valence-corrected chi connectivity index (χ3v) is 7.17. The van der Waals surface area contributed by atoms with Gasteiger partial charge in [0.1, 0.15) is 5.75 Å². The lowest BCUT2D eigenvalue weighted by molar-refractivity contribution is 0.405. The van der Waals surface area contributed by atoms with Gasteiger partial charge in [0.15, 0.2) is 15.8 Å². The molecule has 1 unspecified atom stereocenters. The molecule has 0 radical (unpaired) electrons. The lowest BCUT2D eigenvalue weighted by Gasteiger charge is -2.17. The molecular weight excluding hydrogens is 418 g/mol. The maximum absolute atomic E-state index is 11.8. The third kappa shape index (κ3) is 7.25. The molecule has 0 aliphatic rings. The van der Waals surface area contributed by atoms with Gasteiger partial charge in [0.05, 0.1) is 12.0 Å². The average molecular weight is 450 g/mol. The predicted molar refractivity (Wildman–Crippen MR) is 125 cm³/mol. The number of aliphatic imine (C=N–C) groups is 1. The molecule has 0 aromatic heterocycles. The smallest absolute Gasteiger partial charge is 0.191 e. The van der Waals surface area contributed by atoms with E-state index in [0.717, 1.165) is 34.1 Å². The number of guanidine groups is 1. The zero-order valence-electron chi connectivity index (χ0n) is 18.2. The highest BCUT2D eigenvalue weighted by molar-refractivity contribution is 7.99. The Bertz CT molecular complexity index is 975. The second-order valence-corrected chi connectivity index (χ2v) is 10.3. The highest BCUT2D eigenvalue weighted by Crippen LogP contribution is 2.29. The first-order valence-electron chi connectivity index (χ1n) is 9.74. The van der Waals surface area contributed by atoms with E-state index in [-0.39, 0.29) is 0 Å². The van der Waals surface area contributed by atoms with Gasteiger partial charge in [-0.3, -0.25) is 4.99 Å². The van der Waals surface area contributed by atoms with Crippen LogP contribution < -0.4 is 15.4 Å². The normalized spacial score (nSPS) is 13.0. The highest BCUT2D eigenvalue weighted by Gasteiger charge is 2.11. The first-order chi connectivity index (χ1) is 14.2. The number of para-hydroxylation sites is 1. The first kappa shape index (κ1) is 24.1. The molecule has 8 heteroatoms. The molecule has 2 rings (SSSR count). The molecule has 0 fully saturated rings. The van der Waals surface area contributed by atoms with Crippen molar-refractivity contribution in [3.05, 3.63) is 53.6 Å². The van der Waals surface area contributed by atoms with E-state index in [9.17, 15) is 8.42 Å². The lowest BCUT2D eigenvalue weighted by atomic mass is 10.1. The summed E-state index contributed by atoms with van der Waals surface area (Å²) in [5, 5.41) is 6.63. The van der Waals surface area contributed by atoms with Crippen molar-refractivity contribution >= 4 is 27.6 Å². The number of hydrogen-bond acceptors (Lipinski definition) is 5. The number of nitrogens with zero attached hydrogens (tertiary/aromatic N) is 1. The molecule has 2 aromatic rings. The standard InChI is InChI=1S/C22H31N3O3S2/c1-16(15-29-20-9-7-6-8-19(20)28-4)13-24-22(23-3)25-14-18-10-11-21(17(2)12-18)30(5,26)27/h6-12,16H,13-15H2,1-5H3,(H2,23,24,25). The third-order valence-electron chi connectivity index (χ3n) is 4.53. The Labute approximate surface area is 184 Å². The van der Waals surface area contributed by atoms with E-state index in [1.807, 2.05) is 37.3 Å². The zero-order valence-corrected chi connectivity index (χ0v) is 19.9. The lowest BCUT2D eigenvalue weighted by Crippen LogP contribution is -2.39. The quantitative estimate of drug-likeness (QED) is 0.347. The summed E-state index contributed by atoms with van der Waals surface area (Å²) in [7, 11) is 0.228. The fourth-order valence-electron chi connectivity index (χ4n) is 2.94. The van der Waals surface area contributed by atoms with Gasteiger partial charge in [0, 0.05) is 37.0 Å². The zero-order chi connectivity index (χ0) is 22.1. The van der Waals surface area contributed by atoms with Crippen LogP contribution in [0.2, 0.25) is 0 Å². The first-order valence-corrected chi connectivity index (χ1v) is 12.6. The van der Waals surface area contributed by atoms with Crippen LogP contribution >= 0.6 is 11.8 Å². The second kappa shape index (κ2) is 11.3. The fraction of sp³-hybridized carbons (Fsp3) is 0.409. The van der Waals surface area contributed by atoms with Crippen LogP contribution in [-0.4, -0.2) is 47.1 Å². The summed E-state index contributed by atoms with van der Waals surface area (Å²) in [6.45, 7) is 5.35. The Morgan fingerprint density at radius 3 is 2.57 bits per heavy atom. The number of benzene rings is 2. The molecule has 0 aliphatic heterocycles. The highest BCUT2D eigenvalue weighted by atomic mass is 32.2. The van der Waals surface area contributed by atoms with Crippen LogP contribution in [0.25, 0.3) is 0 Å². The molecule has 0 heterocycles. The molecule has 0 amide bonds. The van der Waals surface area contributed by atoms with Crippen molar-refractivity contribution in [3.63, 3.8) is 0 Å². The van der Waals surface area contributed by atoms with Crippen LogP contribution in [0.5, 0.6) is 5.75 Å². The Kier molecular flexibility index (Phi) is 9.05. The van der Waals surface area contributed by atoms with E-state index in [1.165, 1.54) is 6.26 Å². The van der Waals surface area contributed by atoms with E-state index < -0.39 is 9.84 Å². The Morgan fingerprint density at radius 1 is 1.20 bits per heavy atom. The largest absolute Gasteiger partial charge is 0.496 e. The summed E-state index contributed by atoms with van der Waals surface area (Å²) in [6.07, 6.45) is 1.23. The molecule has 30 heavy (non-hydrogen) atoms. The van der Waals surface area contributed by atoms with E-state index >= 15 is 0 Å². The van der Waals surface area contributed by atoms with Gasteiger partial charge in [-0.15, -0.1) is 11.8 Å². The van der Waals surface area contributed by atoms with Gasteiger partial charge in [0.2, 0.25) is 0 Å². The van der Waals surface area contributed by atoms with Crippen LogP contribution in [-0.2, 0) is 16.4 Å². The van der Waals surface area contributed by atoms with Crippen molar-refractivity contribution in [1.82, 2.24) is 10.6 Å². The molecular formula is C22H31N3O3S2. The van der Waals surface area contributed by atoms with Crippen molar-refractivity contribution in [2.75, 3.05) is 32.7 Å². The van der Waals surface area contributed by atoms with Gasteiger partial charge in [-0.2, -0.15) is 0 Å². The summed E-state index contributed by atoms with van der Waals surface area (Å²) in [5.41, 5.74) is 1.75. The molecule has 2 N–H and O–H groups in total. The maximum Gasteiger partial charge on any atom is 0.191 e. The second-order valence-electron chi connectivity index (χ2n) is 7.25. The van der Waals surface area contributed by atoms with E-state index in [0.29, 0.717) is 23.3 Å². The van der Waals surface area contributed by atoms with Crippen molar-refractivity contribution in [2.24, 2.45) is 10.9 Å². The van der Waals surface area contributed by atoms with Gasteiger partial charge in [0.25, 0.3) is 0 Å². The number of ether oxygens (including phenoxy) is 1. The minimum absolute atomic E-state index is 0.370. The number of sulfone groups is 1. The van der Waals surface area contributed by atoms with Crippen molar-refractivity contribution in [3.8, 4) is 5.75 Å². The van der Waals surface area contributed by atoms with Crippen LogP contribution in [0.4, 0.5) is 0 Å². The fourth-order valence-corrected chi connectivity index (χ4v) is 4.95. The topological polar surface area (TPSA) is 79.8 Å². The molecule has 6 nitrogen and oxygen atoms in total. The molecule has 1 atom stereocenters. The minimum Gasteiger partial charge on any atom is -0.496 e.